The second kappa shape index (κ2) is 12.2. The van der Waals surface area contributed by atoms with Crippen LogP contribution in [0.25, 0.3) is 11.5 Å². The number of carbonyl (C=O) groups is 3. The van der Waals surface area contributed by atoms with Crippen LogP contribution in [0.15, 0.2) is 11.1 Å². The van der Waals surface area contributed by atoms with Gasteiger partial charge in [-0.05, 0) is 5.88 Å². The van der Waals surface area contributed by atoms with Crippen LogP contribution in [0.3, 0.4) is 0 Å². The van der Waals surface area contributed by atoms with E-state index in [9.17, 15) is 24.3 Å². The maximum Gasteiger partial charge on any atom is 0.328 e. The van der Waals surface area contributed by atoms with E-state index in [4.69, 9.17) is 9.84 Å². The number of urea groups is 1. The van der Waals surface area contributed by atoms with Crippen molar-refractivity contribution in [3.8, 4) is 17.4 Å². The van der Waals surface area contributed by atoms with Crippen LogP contribution in [-0.4, -0.2) is 61.9 Å². The molecule has 0 saturated heterocycles. The molecule has 30 heavy (non-hydrogen) atoms. The maximum atomic E-state index is 11.4. The number of amides is 3. The number of carbonyl (C=O) groups excluding carboxylic acids is 2. The molecule has 0 aromatic heterocycles. The van der Waals surface area contributed by atoms with Crippen LogP contribution in [0.5, 0.6) is 5.88 Å². The minimum absolute atomic E-state index is 0.0156. The first-order valence-corrected chi connectivity index (χ1v) is 12.7. The quantitative estimate of drug-likeness (QED) is 0.310. The Morgan fingerprint density at radius 3 is 2.50 bits per heavy atom. The number of aromatic nitrogens is 4. The Balaban J connectivity index is 0.000000308. The standard InChI is InChI=1S/C9H15N2O5.C7H8N4O2.Hg/c1-6(16-2)5-10-9(15)11-7(12)3-4-8(13)14;1-10-5-4(8-3-9-5)6(12)11(2)7(10)13;/h6H,1,3-5H2,2H3,(H,13,14)(H2,10,11,12,15);3,12H,1-2H3;/q;;+1/p-1. The Kier molecular flexibility index (Phi) is 10.4. The average molecular weight is 611 g/mol. The third kappa shape index (κ3) is 7.37. The van der Waals surface area contributed by atoms with E-state index in [0.717, 1.165) is 8.50 Å². The summed E-state index contributed by atoms with van der Waals surface area (Å²) in [5.74, 6) is -1.75. The third-order valence-corrected chi connectivity index (χ3v) is 6.45. The number of nitrogens with one attached hydrogen (secondary N) is 2. The molecule has 160 valence electrons. The molecule has 0 bridgehead atoms. The van der Waals surface area contributed by atoms with E-state index in [2.05, 4.69) is 15.3 Å². The first-order valence-electron chi connectivity index (χ1n) is 8.77. The predicted molar refractivity (Wildman–Crippen MR) is 96.3 cm³/mol. The number of ether oxygens (including phenoxy) is 1. The number of carboxylic acid groups (broad SMARTS) is 1. The van der Waals surface area contributed by atoms with Crippen molar-refractivity contribution >= 4 is 17.9 Å². The molecule has 2 rings (SSSR count). The van der Waals surface area contributed by atoms with Crippen LogP contribution in [0.1, 0.15) is 12.8 Å². The van der Waals surface area contributed by atoms with Gasteiger partial charge in [-0.25, -0.2) is 14.8 Å². The molecule has 0 aromatic carbocycles. The van der Waals surface area contributed by atoms with Crippen molar-refractivity contribution in [1.29, 1.82) is 0 Å². The van der Waals surface area contributed by atoms with Crippen molar-refractivity contribution in [3.05, 3.63) is 16.8 Å². The molecule has 0 saturated carbocycles. The van der Waals surface area contributed by atoms with Crippen LogP contribution >= 0.6 is 0 Å². The van der Waals surface area contributed by atoms with E-state index in [1.165, 1.54) is 17.9 Å². The van der Waals surface area contributed by atoms with Crippen molar-refractivity contribution in [3.63, 3.8) is 0 Å². The molecular formula is C16H22HgN6O7. The van der Waals surface area contributed by atoms with Gasteiger partial charge in [0.1, 0.15) is 12.0 Å². The van der Waals surface area contributed by atoms with Gasteiger partial charge in [0.05, 0.1) is 0 Å². The second-order valence-electron chi connectivity index (χ2n) is 6.05. The summed E-state index contributed by atoms with van der Waals surface area (Å²) in [4.78, 5) is 51.4. The summed E-state index contributed by atoms with van der Waals surface area (Å²) in [5, 5.41) is 24.3. The van der Waals surface area contributed by atoms with Crippen LogP contribution < -0.4 is 21.4 Å². The van der Waals surface area contributed by atoms with Gasteiger partial charge < -0.3 is 9.67 Å². The minimum Gasteiger partial charge on any atom is -0.858 e. The number of nitrogens with zero attached hydrogens (tertiary/aromatic N) is 4. The number of hydrogen-bond acceptors (Lipinski definition) is 8. The third-order valence-electron chi connectivity index (χ3n) is 3.94. The fourth-order valence-corrected chi connectivity index (χ4v) is 3.89. The molecule has 0 aliphatic carbocycles. The van der Waals surface area contributed by atoms with Crippen molar-refractivity contribution in [2.75, 3.05) is 13.7 Å². The smallest absolute Gasteiger partial charge is 0.328 e. The first-order chi connectivity index (χ1) is 14.1. The summed E-state index contributed by atoms with van der Waals surface area (Å²) in [6, 6.07) is -0.621. The zero-order valence-corrected chi connectivity index (χ0v) is 22.4. The maximum absolute atomic E-state index is 11.4. The molecule has 3 amide bonds. The molecular weight excluding hydrogens is 589 g/mol. The number of imidazole rings is 1. The molecule has 0 aromatic rings. The largest absolute Gasteiger partial charge is 0.858 e. The Hall–Kier alpha value is -2.54. The molecule has 13 nitrogen and oxygen atoms in total. The average Bonchev–Trinajstić information content (AvgIpc) is 3.20. The molecule has 0 spiro atoms. The molecule has 0 fully saturated rings. The zero-order valence-electron chi connectivity index (χ0n) is 16.9. The Morgan fingerprint density at radius 2 is 1.93 bits per heavy atom. The summed E-state index contributed by atoms with van der Waals surface area (Å²) in [7, 11) is 4.53. The van der Waals surface area contributed by atoms with Gasteiger partial charge >= 0.3 is 121 Å². The topological polar surface area (TPSA) is 180 Å². The summed E-state index contributed by atoms with van der Waals surface area (Å²) in [5.41, 5.74) is -0.164. The van der Waals surface area contributed by atoms with E-state index < -0.39 is 29.5 Å². The molecule has 14 heteroatoms. The number of hydrogen-bond donors (Lipinski definition) is 3. The van der Waals surface area contributed by atoms with E-state index in [1.54, 1.807) is 14.2 Å². The SMILES string of the molecule is COC([CH2][Hg+])CNC(=O)NC(=O)CCC(=O)O.Cn1c2ncnc-2c([O-])n(C)c1=O. The number of imide groups is 1. The molecule has 2 aliphatic rings. The van der Waals surface area contributed by atoms with Gasteiger partial charge in [-0.1, -0.05) is 0 Å². The predicted octanol–water partition coefficient (Wildman–Crippen LogP) is -1.65. The second-order valence-corrected chi connectivity index (χ2v) is 8.29. The summed E-state index contributed by atoms with van der Waals surface area (Å²) in [6.07, 6.45) is 0.756. The molecule has 2 aliphatic heterocycles. The van der Waals surface area contributed by atoms with E-state index >= 15 is 0 Å². The summed E-state index contributed by atoms with van der Waals surface area (Å²) in [6.45, 7) is 0.345. The molecule has 3 N–H and O–H groups in total. The summed E-state index contributed by atoms with van der Waals surface area (Å²) < 4.78 is 8.32. The Bertz CT molecular complexity index is 908. The number of fused-ring (bicyclic) bond motifs is 1. The van der Waals surface area contributed by atoms with Gasteiger partial charge in [0.2, 0.25) is 0 Å². The molecule has 0 radical (unpaired) electrons. The van der Waals surface area contributed by atoms with Crippen molar-refractivity contribution < 1.29 is 55.5 Å². The van der Waals surface area contributed by atoms with E-state index in [1.807, 2.05) is 5.32 Å². The van der Waals surface area contributed by atoms with Crippen LogP contribution in [-0.2, 0) is 54.5 Å². The van der Waals surface area contributed by atoms with Gasteiger partial charge in [-0.15, -0.1) is 0 Å². The summed E-state index contributed by atoms with van der Waals surface area (Å²) >= 11 is 0.581. The fraction of sp³-hybridized carbons (Fsp3) is 0.500. The number of rotatable bonds is 7. The Morgan fingerprint density at radius 1 is 1.27 bits per heavy atom. The van der Waals surface area contributed by atoms with E-state index in [0.29, 0.717) is 38.5 Å². The molecule has 1 atom stereocenters. The van der Waals surface area contributed by atoms with Crippen molar-refractivity contribution in [2.45, 2.75) is 22.9 Å². The normalized spacial score (nSPS) is 11.4. The first kappa shape index (κ1) is 25.5. The fourth-order valence-electron chi connectivity index (χ4n) is 2.18. The Labute approximate surface area is 187 Å². The van der Waals surface area contributed by atoms with Gasteiger partial charge in [-0.3, -0.25) is 4.57 Å². The van der Waals surface area contributed by atoms with Gasteiger partial charge in [0.25, 0.3) is 0 Å². The van der Waals surface area contributed by atoms with Crippen molar-refractivity contribution in [1.82, 2.24) is 29.7 Å². The minimum atomic E-state index is -1.07. The number of carboxylic acids is 1. The van der Waals surface area contributed by atoms with Crippen LogP contribution in [0, 0.1) is 0 Å². The molecule has 2 heterocycles. The van der Waals surface area contributed by atoms with Crippen molar-refractivity contribution in [2.24, 2.45) is 14.1 Å². The number of aliphatic carboxylic acids is 1. The van der Waals surface area contributed by atoms with Gasteiger partial charge in [-0.2, -0.15) is 0 Å². The van der Waals surface area contributed by atoms with Gasteiger partial charge in [0, 0.05) is 14.1 Å². The zero-order chi connectivity index (χ0) is 22.8. The molecule has 1 unspecified atom stereocenters. The monoisotopic (exact) mass is 612 g/mol. The van der Waals surface area contributed by atoms with E-state index in [-0.39, 0.29) is 24.6 Å². The van der Waals surface area contributed by atoms with Crippen LogP contribution in [0.4, 0.5) is 4.79 Å². The van der Waals surface area contributed by atoms with Crippen LogP contribution in [0.2, 0.25) is 3.93 Å². The number of methoxy groups -OCH3 is 1. The van der Waals surface area contributed by atoms with Gasteiger partial charge in [0.15, 0.2) is 5.82 Å².